The van der Waals surface area contributed by atoms with Crippen LogP contribution in [0.1, 0.15) is 355 Å². The van der Waals surface area contributed by atoms with Crippen molar-refractivity contribution in [1.29, 1.82) is 0 Å². The molecule has 0 radical (unpaired) electrons. The van der Waals surface area contributed by atoms with Gasteiger partial charge in [-0.2, -0.15) is 17.5 Å². The molecule has 0 saturated heterocycles. The van der Waals surface area contributed by atoms with Crippen molar-refractivity contribution in [2.24, 2.45) is 17.8 Å². The van der Waals surface area contributed by atoms with Crippen molar-refractivity contribution in [2.75, 3.05) is 6.61 Å². The van der Waals surface area contributed by atoms with Gasteiger partial charge >= 0.3 is 5.97 Å². The summed E-state index contributed by atoms with van der Waals surface area (Å²) in [5, 5.41) is 2.75. The zero-order valence-corrected chi connectivity index (χ0v) is 79.6. The van der Waals surface area contributed by atoms with Crippen LogP contribution in [0.2, 0.25) is 0 Å². The smallest absolute Gasteiger partial charge is 0.351 e. The average molecular weight is 1750 g/mol. The van der Waals surface area contributed by atoms with Crippen LogP contribution in [-0.2, 0) is 17.6 Å². The Balaban J connectivity index is 0.860. The SMILES string of the molecule is CCCCCCCCCCCCC(CCCCCCCCCC)Cc1cc(-c2cc3c(cc(-c4cc(CC(CCCCCCCCCC)CCCCCCCCCCCC)c(-c5ccc(-c6ccc(-c7sc(-c8ccc(-c9ccc(C)s9)s8)c8c(F)c(C(=O)OCC(CC)CCCC)sc78)s6)s5)s4)c4nsnc43)c3nsnc23)sc1C. The van der Waals surface area contributed by atoms with Gasteiger partial charge in [0.2, 0.25) is 0 Å². The van der Waals surface area contributed by atoms with Gasteiger partial charge in [0, 0.05) is 85.8 Å². The number of aromatic nitrogens is 4. The Kier molecular flexibility index (Phi) is 37.9. The highest BCUT2D eigenvalue weighted by Gasteiger charge is 2.31. The Morgan fingerprint density at radius 2 is 0.724 bits per heavy atom. The van der Waals surface area contributed by atoms with E-state index in [-0.39, 0.29) is 10.8 Å². The minimum absolute atomic E-state index is 0.0725. The molecular weight excluding hydrogens is 1620 g/mol. The number of rotatable bonds is 58. The Morgan fingerprint density at radius 1 is 0.353 bits per heavy atom. The second-order valence-electron chi connectivity index (χ2n) is 33.8. The molecule has 0 amide bonds. The maximum Gasteiger partial charge on any atom is 0.351 e. The summed E-state index contributed by atoms with van der Waals surface area (Å²) in [6.45, 7) is 18.4. The Labute approximate surface area is 736 Å². The number of hydrogen-bond acceptors (Lipinski definition) is 16. The summed E-state index contributed by atoms with van der Waals surface area (Å²) < 4.78 is 45.1. The van der Waals surface area contributed by atoms with Crippen molar-refractivity contribution < 1.29 is 13.9 Å². The molecule has 116 heavy (non-hydrogen) atoms. The van der Waals surface area contributed by atoms with Gasteiger partial charge in [-0.15, -0.1) is 90.7 Å². The molecule has 0 bridgehead atoms. The molecule has 2 aromatic carbocycles. The topological polar surface area (TPSA) is 77.9 Å². The minimum atomic E-state index is -0.556. The number of unbranched alkanes of at least 4 members (excludes halogenated alkanes) is 33. The predicted molar refractivity (Wildman–Crippen MR) is 519 cm³/mol. The minimum Gasteiger partial charge on any atom is -0.461 e. The van der Waals surface area contributed by atoms with E-state index in [9.17, 15) is 4.79 Å². The number of esters is 1. The van der Waals surface area contributed by atoms with Gasteiger partial charge in [-0.05, 0) is 135 Å². The van der Waals surface area contributed by atoms with E-state index in [0.717, 1.165) is 101 Å². The van der Waals surface area contributed by atoms with Crippen LogP contribution in [0.4, 0.5) is 4.39 Å². The number of benzene rings is 2. The number of thiophene rings is 8. The number of hydrogen-bond donors (Lipinski definition) is 0. The van der Waals surface area contributed by atoms with E-state index in [1.54, 1.807) is 45.3 Å². The van der Waals surface area contributed by atoms with Crippen LogP contribution in [0.5, 0.6) is 0 Å². The van der Waals surface area contributed by atoms with E-state index in [4.69, 9.17) is 22.2 Å². The number of carbonyl (C=O) groups is 1. The van der Waals surface area contributed by atoms with Crippen molar-refractivity contribution in [3.8, 4) is 69.7 Å². The van der Waals surface area contributed by atoms with E-state index < -0.39 is 11.8 Å². The highest BCUT2D eigenvalue weighted by atomic mass is 32.1. The number of fused-ring (bicyclic) bond motifs is 6. The van der Waals surface area contributed by atoms with Crippen LogP contribution in [-0.4, -0.2) is 30.1 Å². The summed E-state index contributed by atoms with van der Waals surface area (Å²) in [4.78, 5) is 30.8. The van der Waals surface area contributed by atoms with Crippen LogP contribution < -0.4 is 0 Å². The first-order chi connectivity index (χ1) is 57.0. The lowest BCUT2D eigenvalue weighted by atomic mass is 9.88. The molecule has 3 unspecified atom stereocenters. The maximum atomic E-state index is 17.4. The summed E-state index contributed by atoms with van der Waals surface area (Å²) in [7, 11) is 0. The molecule has 12 rings (SSSR count). The monoisotopic (exact) mass is 1750 g/mol. The molecule has 12 aromatic rings. The molecular formula is C99H133FN4O2S10. The van der Waals surface area contributed by atoms with Crippen molar-refractivity contribution in [3.63, 3.8) is 0 Å². The summed E-state index contributed by atoms with van der Waals surface area (Å²) >= 11 is 16.6. The fourth-order valence-corrected chi connectivity index (χ4v) is 27.9. The van der Waals surface area contributed by atoms with Crippen LogP contribution in [0, 0.1) is 37.4 Å². The summed E-state index contributed by atoms with van der Waals surface area (Å²) in [6, 6.07) is 27.8. The highest BCUT2D eigenvalue weighted by molar-refractivity contribution is 7.34. The quantitative estimate of drug-likeness (QED) is 0.0279. The second-order valence-corrected chi connectivity index (χ2v) is 43.7. The summed E-state index contributed by atoms with van der Waals surface area (Å²) in [5.41, 5.74) is 9.15. The molecule has 10 heterocycles. The molecule has 10 aromatic heterocycles. The van der Waals surface area contributed by atoms with E-state index in [1.165, 1.54) is 357 Å². The van der Waals surface area contributed by atoms with E-state index >= 15 is 4.39 Å². The van der Waals surface area contributed by atoms with E-state index in [1.807, 2.05) is 34.0 Å². The lowest BCUT2D eigenvalue weighted by molar-refractivity contribution is 0.0429. The lowest BCUT2D eigenvalue weighted by Gasteiger charge is -2.17. The predicted octanol–water partition coefficient (Wildman–Crippen LogP) is 37.3. The number of aryl methyl sites for hydroxylation is 2. The van der Waals surface area contributed by atoms with Crippen molar-refractivity contribution in [1.82, 2.24) is 17.5 Å². The van der Waals surface area contributed by atoms with Gasteiger partial charge in [-0.1, -0.05) is 318 Å². The number of ether oxygens (including phenoxy) is 1. The molecule has 6 nitrogen and oxygen atoms in total. The van der Waals surface area contributed by atoms with E-state index in [2.05, 4.69) is 128 Å². The first kappa shape index (κ1) is 90.8. The highest BCUT2D eigenvalue weighted by Crippen LogP contribution is 2.55. The zero-order valence-electron chi connectivity index (χ0n) is 71.5. The third-order valence-corrected chi connectivity index (χ3v) is 35.6. The molecule has 0 saturated carbocycles. The number of nitrogens with zero attached hydrogens (tertiary/aromatic N) is 4. The average Bonchev–Trinajstić information content (AvgIpc) is 1.56. The van der Waals surface area contributed by atoms with Gasteiger partial charge in [-0.3, -0.25) is 0 Å². The van der Waals surface area contributed by atoms with Gasteiger partial charge in [0.1, 0.15) is 26.9 Å². The standard InChI is InChI=1S/C99H133FN4O2S10/c1-9-15-20-24-28-32-34-38-42-45-50-71(49-44-40-36-30-26-22-17-11-3)61-73-63-86(108-69(73)8)77-65-75-76(90-92(77)103-115-101-90)66-78(93-91(75)102-116-104-93)87-64-74(62-72(51-46-41-37-31-27-23-18-12-4)52-47-43-39-35-33-29-25-21-16-10-2)94(112-87)83-58-55-81(109-83)82-57-60-85(111-82)96-97-88(89(100)98(114-97)99(105)106-67-70(14-6)48-19-13-5)95(113-96)84-59-56-80(110-84)79-54-53-68(7)107-79/h53-60,63-66,70-72H,9-52,61-62,67H2,1-8H3. The van der Waals surface area contributed by atoms with Crippen molar-refractivity contribution >= 4 is 163 Å². The molecule has 0 aliphatic carbocycles. The Morgan fingerprint density at radius 3 is 1.16 bits per heavy atom. The van der Waals surface area contributed by atoms with Gasteiger partial charge in [0.05, 0.1) is 44.5 Å². The zero-order chi connectivity index (χ0) is 80.8. The van der Waals surface area contributed by atoms with Crippen LogP contribution >= 0.6 is 114 Å². The first-order valence-electron chi connectivity index (χ1n) is 45.9. The van der Waals surface area contributed by atoms with Gasteiger partial charge < -0.3 is 4.74 Å². The maximum absolute atomic E-state index is 17.4. The Hall–Kier alpha value is -4.40. The molecule has 0 aliphatic heterocycles. The van der Waals surface area contributed by atoms with Crippen LogP contribution in [0.15, 0.2) is 72.8 Å². The van der Waals surface area contributed by atoms with Crippen molar-refractivity contribution in [3.05, 3.63) is 104 Å². The molecule has 0 fully saturated rings. The lowest BCUT2D eigenvalue weighted by Crippen LogP contribution is -2.14. The van der Waals surface area contributed by atoms with Crippen molar-refractivity contribution in [2.45, 2.75) is 351 Å². The number of halogens is 1. The molecule has 0 N–H and O–H groups in total. The molecule has 0 spiro atoms. The summed E-state index contributed by atoms with van der Waals surface area (Å²) in [5.74, 6) is 0.539. The molecule has 3 atom stereocenters. The third-order valence-electron chi connectivity index (χ3n) is 24.5. The fraction of sp³-hybridized carbons (Fsp3) is 0.586. The number of carbonyl (C=O) groups excluding carboxylic acids is 1. The normalized spacial score (nSPS) is 12.9. The van der Waals surface area contributed by atoms with Gasteiger partial charge in [0.25, 0.3) is 0 Å². The third kappa shape index (κ3) is 25.2. The van der Waals surface area contributed by atoms with Crippen LogP contribution in [0.25, 0.3) is 113 Å². The van der Waals surface area contributed by atoms with E-state index in [0.29, 0.717) is 23.8 Å². The van der Waals surface area contributed by atoms with Gasteiger partial charge in [0.15, 0.2) is 5.82 Å². The van der Waals surface area contributed by atoms with Gasteiger partial charge in [-0.25, -0.2) is 9.18 Å². The molecule has 17 heteroatoms. The first-order valence-corrected chi connectivity index (χ1v) is 53.8. The largest absolute Gasteiger partial charge is 0.461 e. The fourth-order valence-electron chi connectivity index (χ4n) is 17.4. The Bertz CT molecular complexity index is 4880. The summed E-state index contributed by atoms with van der Waals surface area (Å²) in [6.07, 6.45) is 60.5. The second kappa shape index (κ2) is 48.4. The molecule has 628 valence electrons. The van der Waals surface area contributed by atoms with Crippen LogP contribution in [0.3, 0.4) is 0 Å². The molecule has 0 aliphatic rings.